The van der Waals surface area contributed by atoms with Crippen LogP contribution in [0.2, 0.25) is 0 Å². The van der Waals surface area contributed by atoms with Crippen LogP contribution in [-0.2, 0) is 11.3 Å². The lowest BCUT2D eigenvalue weighted by molar-refractivity contribution is -0.126. The van der Waals surface area contributed by atoms with Crippen molar-refractivity contribution in [3.63, 3.8) is 0 Å². The van der Waals surface area contributed by atoms with E-state index in [9.17, 15) is 4.79 Å². The zero-order valence-corrected chi connectivity index (χ0v) is 19.0. The number of hydrogen-bond acceptors (Lipinski definition) is 7. The van der Waals surface area contributed by atoms with Gasteiger partial charge in [-0.3, -0.25) is 9.69 Å². The smallest absolute Gasteiger partial charge is 0.242 e. The van der Waals surface area contributed by atoms with Crippen LogP contribution >= 0.6 is 11.8 Å². The van der Waals surface area contributed by atoms with Gasteiger partial charge in [0, 0.05) is 11.6 Å². The minimum Gasteiger partial charge on any atom is -0.497 e. The molecule has 1 saturated heterocycles. The first kappa shape index (κ1) is 22.7. The molecule has 0 saturated carbocycles. The monoisotopic (exact) mass is 441 g/mol. The number of amides is 1. The maximum absolute atomic E-state index is 13.0. The highest BCUT2D eigenvalue weighted by Crippen LogP contribution is 2.32. The largest absolute Gasteiger partial charge is 0.497 e. The summed E-state index contributed by atoms with van der Waals surface area (Å²) in [6.45, 7) is 2.52. The van der Waals surface area contributed by atoms with Gasteiger partial charge in [0.05, 0.1) is 39.3 Å². The molecule has 0 N–H and O–H groups in total. The molecule has 0 aliphatic carbocycles. The molecule has 7 nitrogen and oxygen atoms in total. The topological polar surface area (TPSA) is 72.7 Å². The average molecular weight is 442 g/mol. The van der Waals surface area contributed by atoms with E-state index < -0.39 is 0 Å². The second-order valence-electron chi connectivity index (χ2n) is 6.90. The van der Waals surface area contributed by atoms with Crippen LogP contribution in [0.15, 0.2) is 52.7 Å². The molecule has 3 rings (SSSR count). The Morgan fingerprint density at radius 1 is 1.03 bits per heavy atom. The number of carbonyl (C=O) groups is 1. The summed E-state index contributed by atoms with van der Waals surface area (Å²) in [7, 11) is 4.83. The summed E-state index contributed by atoms with van der Waals surface area (Å²) in [6, 6.07) is 13.1. The van der Waals surface area contributed by atoms with Gasteiger partial charge in [0.15, 0.2) is 5.17 Å². The van der Waals surface area contributed by atoms with Crippen molar-refractivity contribution in [2.24, 2.45) is 10.2 Å². The van der Waals surface area contributed by atoms with Gasteiger partial charge in [-0.15, -0.1) is 5.10 Å². The van der Waals surface area contributed by atoms with Gasteiger partial charge in [0.1, 0.15) is 17.2 Å². The first-order valence-corrected chi connectivity index (χ1v) is 10.9. The van der Waals surface area contributed by atoms with Gasteiger partial charge in [-0.05, 0) is 36.2 Å². The van der Waals surface area contributed by atoms with Crippen molar-refractivity contribution in [2.45, 2.75) is 31.6 Å². The Balaban J connectivity index is 1.82. The summed E-state index contributed by atoms with van der Waals surface area (Å²) in [5, 5.41) is 9.09. The minimum absolute atomic E-state index is 0.0682. The van der Waals surface area contributed by atoms with Crippen LogP contribution in [0.5, 0.6) is 17.2 Å². The Morgan fingerprint density at radius 2 is 1.74 bits per heavy atom. The van der Waals surface area contributed by atoms with E-state index in [1.807, 2.05) is 36.4 Å². The fraction of sp³-hybridized carbons (Fsp3) is 0.348. The Hall–Kier alpha value is -3.00. The maximum atomic E-state index is 13.0. The van der Waals surface area contributed by atoms with Gasteiger partial charge in [-0.25, -0.2) is 0 Å². The van der Waals surface area contributed by atoms with Gasteiger partial charge in [-0.2, -0.15) is 5.10 Å². The predicted octanol–water partition coefficient (Wildman–Crippen LogP) is 4.35. The molecule has 1 heterocycles. The van der Waals surface area contributed by atoms with Crippen LogP contribution in [-0.4, -0.2) is 48.8 Å². The summed E-state index contributed by atoms with van der Waals surface area (Å²) >= 11 is 1.47. The molecular weight excluding hydrogens is 414 g/mol. The van der Waals surface area contributed by atoms with Gasteiger partial charge in [0.2, 0.25) is 5.91 Å². The predicted molar refractivity (Wildman–Crippen MR) is 124 cm³/mol. The third kappa shape index (κ3) is 5.58. The lowest BCUT2D eigenvalue weighted by atomic mass is 10.2. The molecule has 0 aromatic heterocycles. The average Bonchev–Trinajstić information content (AvgIpc) is 3.09. The fourth-order valence-electron chi connectivity index (χ4n) is 3.16. The van der Waals surface area contributed by atoms with Crippen molar-refractivity contribution < 1.29 is 19.0 Å². The van der Waals surface area contributed by atoms with Gasteiger partial charge >= 0.3 is 0 Å². The van der Waals surface area contributed by atoms with Crippen molar-refractivity contribution >= 4 is 29.1 Å². The summed E-state index contributed by atoms with van der Waals surface area (Å²) in [5.41, 5.74) is 1.77. The van der Waals surface area contributed by atoms with Crippen LogP contribution in [0.25, 0.3) is 0 Å². The Labute approximate surface area is 187 Å². The Morgan fingerprint density at radius 3 is 2.39 bits per heavy atom. The molecule has 8 heteroatoms. The summed E-state index contributed by atoms with van der Waals surface area (Å²) in [5.74, 6) is 2.18. The van der Waals surface area contributed by atoms with Crippen LogP contribution in [0, 0.1) is 0 Å². The Kier molecular flexibility index (Phi) is 7.94. The standard InChI is InChI=1S/C23H27N3O4S/c1-5-6-21-22(27)26(15-16-7-10-18(28-2)11-8-16)23(31-21)25-24-14-17-9-12-19(29-3)13-20(17)30-4/h7-14,21H,5-6,15H2,1-4H3/b24-14-,25-23+/t21-/m1/s1. The number of carbonyl (C=O) groups excluding carboxylic acids is 1. The van der Waals surface area contributed by atoms with E-state index in [0.717, 1.165) is 29.7 Å². The molecule has 0 radical (unpaired) electrons. The lowest BCUT2D eigenvalue weighted by Gasteiger charge is -2.16. The summed E-state index contributed by atoms with van der Waals surface area (Å²) < 4.78 is 15.8. The van der Waals surface area contributed by atoms with E-state index in [1.165, 1.54) is 11.8 Å². The quantitative estimate of drug-likeness (QED) is 0.427. The third-order valence-corrected chi connectivity index (χ3v) is 6.09. The first-order chi connectivity index (χ1) is 15.1. The molecule has 31 heavy (non-hydrogen) atoms. The molecule has 1 aliphatic rings. The van der Waals surface area contributed by atoms with Gasteiger partial charge in [0.25, 0.3) is 0 Å². The molecule has 1 fully saturated rings. The number of amidine groups is 1. The van der Waals surface area contributed by atoms with Crippen molar-refractivity contribution in [2.75, 3.05) is 21.3 Å². The third-order valence-electron chi connectivity index (χ3n) is 4.85. The molecule has 0 spiro atoms. The highest BCUT2D eigenvalue weighted by Gasteiger charge is 2.37. The van der Waals surface area contributed by atoms with Crippen molar-refractivity contribution in [3.05, 3.63) is 53.6 Å². The number of ether oxygens (including phenoxy) is 3. The lowest BCUT2D eigenvalue weighted by Crippen LogP contribution is -2.31. The highest BCUT2D eigenvalue weighted by atomic mass is 32.2. The van der Waals surface area contributed by atoms with Crippen molar-refractivity contribution in [3.8, 4) is 17.2 Å². The van der Waals surface area contributed by atoms with Crippen molar-refractivity contribution in [1.29, 1.82) is 0 Å². The minimum atomic E-state index is -0.132. The molecule has 0 unspecified atom stereocenters. The van der Waals surface area contributed by atoms with Crippen LogP contribution in [0.3, 0.4) is 0 Å². The van der Waals surface area contributed by atoms with E-state index in [4.69, 9.17) is 14.2 Å². The molecule has 0 bridgehead atoms. The molecular formula is C23H27N3O4S. The zero-order chi connectivity index (χ0) is 22.2. The van der Waals surface area contributed by atoms with Gasteiger partial charge < -0.3 is 14.2 Å². The highest BCUT2D eigenvalue weighted by molar-refractivity contribution is 8.15. The second kappa shape index (κ2) is 10.9. The van der Waals surface area contributed by atoms with E-state index in [2.05, 4.69) is 17.1 Å². The maximum Gasteiger partial charge on any atom is 0.242 e. The molecule has 1 amide bonds. The first-order valence-electron chi connectivity index (χ1n) is 10.0. The van der Waals surface area contributed by atoms with E-state index in [0.29, 0.717) is 23.2 Å². The van der Waals surface area contributed by atoms with Crippen molar-refractivity contribution in [1.82, 2.24) is 4.90 Å². The van der Waals surface area contributed by atoms with E-state index >= 15 is 0 Å². The number of benzene rings is 2. The summed E-state index contributed by atoms with van der Waals surface area (Å²) in [6.07, 6.45) is 3.35. The van der Waals surface area contributed by atoms with Crippen LogP contribution < -0.4 is 14.2 Å². The normalized spacial score (nSPS) is 17.5. The Bertz CT molecular complexity index is 960. The molecule has 2 aromatic rings. The molecule has 1 atom stereocenters. The number of thioether (sulfide) groups is 1. The fourth-order valence-corrected chi connectivity index (χ4v) is 4.37. The van der Waals surface area contributed by atoms with Crippen LogP contribution in [0.1, 0.15) is 30.9 Å². The van der Waals surface area contributed by atoms with E-state index in [-0.39, 0.29) is 11.2 Å². The van der Waals surface area contributed by atoms with Gasteiger partial charge in [-0.1, -0.05) is 37.2 Å². The number of rotatable bonds is 9. The molecule has 2 aromatic carbocycles. The number of hydrogen-bond donors (Lipinski definition) is 0. The number of nitrogens with zero attached hydrogens (tertiary/aromatic N) is 3. The van der Waals surface area contributed by atoms with Crippen LogP contribution in [0.4, 0.5) is 0 Å². The second-order valence-corrected chi connectivity index (χ2v) is 8.07. The molecule has 164 valence electrons. The van der Waals surface area contributed by atoms with E-state index in [1.54, 1.807) is 38.5 Å². The summed E-state index contributed by atoms with van der Waals surface area (Å²) in [4.78, 5) is 14.7. The zero-order valence-electron chi connectivity index (χ0n) is 18.2. The SMILES string of the molecule is CCC[C@H]1S/C(=N/N=C\c2ccc(OC)cc2OC)N(Cc2ccc(OC)cc2)C1=O. The number of methoxy groups -OCH3 is 3. The molecule has 1 aliphatic heterocycles.